The predicted molar refractivity (Wildman–Crippen MR) is 167 cm³/mol. The Kier molecular flexibility index (Phi) is 8.28. The Morgan fingerprint density at radius 1 is 1.07 bits per heavy atom. The van der Waals surface area contributed by atoms with Gasteiger partial charge < -0.3 is 23.7 Å². The Balaban J connectivity index is 1.45. The summed E-state index contributed by atoms with van der Waals surface area (Å²) in [6.45, 7) is 11.8. The third kappa shape index (κ3) is 5.86. The van der Waals surface area contributed by atoms with Crippen LogP contribution in [-0.4, -0.2) is 61.5 Å². The Bertz CT molecular complexity index is 1470. The summed E-state index contributed by atoms with van der Waals surface area (Å²) in [7, 11) is -2.90. The van der Waals surface area contributed by atoms with E-state index in [-0.39, 0.29) is 41.4 Å². The number of rotatable bonds is 7. The Labute approximate surface area is 258 Å². The fourth-order valence-corrected chi connectivity index (χ4v) is 11.0. The van der Waals surface area contributed by atoms with Gasteiger partial charge >= 0.3 is 12.1 Å². The molecule has 228 valence electrons. The molecule has 2 heterocycles. The van der Waals surface area contributed by atoms with Crippen molar-refractivity contribution in [3.8, 4) is 11.5 Å². The standard InChI is InChI=1S/C33H38ClNO7Si/c1-21-17-26(27-29(28(21)34)40-33(5,6)41-30(27)36)39-20-22-18-23(19-35(22)31(37)38)42-43(32(2,3)4,24-13-9-7-10-14-24)25-15-11-8-12-16-25/h7-17,22-23H,18-20H2,1-6H3,(H,37,38)/t22-,23-/m1/s1. The maximum absolute atomic E-state index is 13.0. The van der Waals surface area contributed by atoms with E-state index in [0.717, 1.165) is 10.4 Å². The van der Waals surface area contributed by atoms with Crippen molar-refractivity contribution in [3.63, 3.8) is 0 Å². The van der Waals surface area contributed by atoms with Gasteiger partial charge in [0.25, 0.3) is 8.32 Å². The second-order valence-corrected chi connectivity index (χ2v) is 17.3. The van der Waals surface area contributed by atoms with Gasteiger partial charge in [-0.25, -0.2) is 9.59 Å². The van der Waals surface area contributed by atoms with Crippen LogP contribution in [0.5, 0.6) is 11.5 Å². The number of cyclic esters (lactones) is 1. The van der Waals surface area contributed by atoms with E-state index in [2.05, 4.69) is 45.0 Å². The molecule has 0 aliphatic carbocycles. The maximum Gasteiger partial charge on any atom is 0.407 e. The van der Waals surface area contributed by atoms with Crippen molar-refractivity contribution in [2.24, 2.45) is 0 Å². The summed E-state index contributed by atoms with van der Waals surface area (Å²) < 4.78 is 24.7. The number of benzene rings is 3. The zero-order chi connectivity index (χ0) is 31.2. The number of nitrogens with zero attached hydrogens (tertiary/aromatic N) is 1. The Morgan fingerprint density at radius 3 is 2.19 bits per heavy atom. The summed E-state index contributed by atoms with van der Waals surface area (Å²) in [6, 6.07) is 21.7. The van der Waals surface area contributed by atoms with E-state index in [1.165, 1.54) is 4.90 Å². The van der Waals surface area contributed by atoms with E-state index in [9.17, 15) is 14.7 Å². The second-order valence-electron chi connectivity index (χ2n) is 12.6. The monoisotopic (exact) mass is 623 g/mol. The molecular weight excluding hydrogens is 586 g/mol. The fraction of sp³-hybridized carbons (Fsp3) is 0.394. The van der Waals surface area contributed by atoms with Crippen molar-refractivity contribution in [2.75, 3.05) is 13.2 Å². The molecule has 1 fully saturated rings. The van der Waals surface area contributed by atoms with Crippen LogP contribution in [0.4, 0.5) is 4.79 Å². The lowest BCUT2D eigenvalue weighted by atomic mass is 10.1. The zero-order valence-corrected chi connectivity index (χ0v) is 27.1. The van der Waals surface area contributed by atoms with E-state index in [1.807, 2.05) is 36.4 Å². The highest BCUT2D eigenvalue weighted by molar-refractivity contribution is 6.99. The van der Waals surface area contributed by atoms with Crippen molar-refractivity contribution in [2.45, 2.75) is 70.9 Å². The van der Waals surface area contributed by atoms with Crippen molar-refractivity contribution in [1.29, 1.82) is 0 Å². The molecule has 0 bridgehead atoms. The fourth-order valence-electron chi connectivity index (χ4n) is 6.16. The van der Waals surface area contributed by atoms with Crippen molar-refractivity contribution in [1.82, 2.24) is 4.90 Å². The summed E-state index contributed by atoms with van der Waals surface area (Å²) in [5.41, 5.74) is 0.755. The van der Waals surface area contributed by atoms with Crippen molar-refractivity contribution in [3.05, 3.63) is 82.9 Å². The first-order valence-corrected chi connectivity index (χ1v) is 16.7. The summed E-state index contributed by atoms with van der Waals surface area (Å²) >= 11 is 6.50. The summed E-state index contributed by atoms with van der Waals surface area (Å²) in [5, 5.41) is 12.5. The molecule has 43 heavy (non-hydrogen) atoms. The molecule has 0 spiro atoms. The van der Waals surface area contributed by atoms with Gasteiger partial charge in [0.1, 0.15) is 17.9 Å². The minimum Gasteiger partial charge on any atom is -0.490 e. The van der Waals surface area contributed by atoms with Gasteiger partial charge in [-0.3, -0.25) is 4.90 Å². The molecule has 3 aromatic rings. The molecule has 2 aliphatic heterocycles. The number of hydrogen-bond donors (Lipinski definition) is 1. The molecule has 3 aromatic carbocycles. The van der Waals surface area contributed by atoms with Crippen LogP contribution in [-0.2, 0) is 9.16 Å². The van der Waals surface area contributed by atoms with Gasteiger partial charge in [-0.2, -0.15) is 0 Å². The van der Waals surface area contributed by atoms with Gasteiger partial charge in [0.15, 0.2) is 5.75 Å². The first-order valence-electron chi connectivity index (χ1n) is 14.4. The lowest BCUT2D eigenvalue weighted by Crippen LogP contribution is -2.67. The minimum atomic E-state index is -2.90. The SMILES string of the molecule is Cc1cc(OC[C@H]2C[C@@H](O[Si](c3ccccc3)(c3ccccc3)C(C)(C)C)CN2C(=O)O)c2c(c1Cl)OC(C)(C)OC2=O. The van der Waals surface area contributed by atoms with Gasteiger partial charge in [-0.1, -0.05) is 93.0 Å². The Morgan fingerprint density at radius 2 is 1.65 bits per heavy atom. The predicted octanol–water partition coefficient (Wildman–Crippen LogP) is 6.01. The molecule has 1 amide bonds. The molecule has 5 rings (SSSR count). The molecule has 8 nitrogen and oxygen atoms in total. The van der Waals surface area contributed by atoms with Gasteiger partial charge in [-0.15, -0.1) is 0 Å². The summed E-state index contributed by atoms with van der Waals surface area (Å²) in [5.74, 6) is -1.36. The number of carbonyl (C=O) groups excluding carboxylic acids is 1. The third-order valence-corrected chi connectivity index (χ3v) is 13.6. The van der Waals surface area contributed by atoms with E-state index < -0.39 is 32.2 Å². The number of esters is 1. The van der Waals surface area contributed by atoms with E-state index in [0.29, 0.717) is 17.0 Å². The van der Waals surface area contributed by atoms with Crippen molar-refractivity contribution >= 4 is 42.4 Å². The lowest BCUT2D eigenvalue weighted by molar-refractivity contribution is -0.127. The van der Waals surface area contributed by atoms with E-state index in [4.69, 9.17) is 30.2 Å². The van der Waals surface area contributed by atoms with Crippen LogP contribution in [0.3, 0.4) is 0 Å². The number of carboxylic acid groups (broad SMARTS) is 1. The molecular formula is C33H38ClNO7Si. The first kappa shape index (κ1) is 30.9. The molecule has 0 aromatic heterocycles. The minimum absolute atomic E-state index is 0.0110. The number of ether oxygens (including phenoxy) is 3. The van der Waals surface area contributed by atoms with Crippen LogP contribution in [0.25, 0.3) is 0 Å². The molecule has 0 radical (unpaired) electrons. The van der Waals surface area contributed by atoms with Gasteiger partial charge in [0, 0.05) is 20.4 Å². The maximum atomic E-state index is 13.0. The van der Waals surface area contributed by atoms with Crippen LogP contribution in [0.15, 0.2) is 66.7 Å². The number of likely N-dealkylation sites (tertiary alicyclic amines) is 1. The summed E-state index contributed by atoms with van der Waals surface area (Å²) in [6.07, 6.45) is -0.994. The van der Waals surface area contributed by atoms with E-state index >= 15 is 0 Å². The summed E-state index contributed by atoms with van der Waals surface area (Å²) in [4.78, 5) is 26.8. The molecule has 2 atom stereocenters. The number of amides is 1. The van der Waals surface area contributed by atoms with Crippen LogP contribution in [0.1, 0.15) is 57.0 Å². The number of halogens is 1. The smallest absolute Gasteiger partial charge is 0.407 e. The van der Waals surface area contributed by atoms with Crippen LogP contribution < -0.4 is 19.8 Å². The number of fused-ring (bicyclic) bond motifs is 1. The zero-order valence-electron chi connectivity index (χ0n) is 25.3. The van der Waals surface area contributed by atoms with E-state index in [1.54, 1.807) is 26.8 Å². The highest BCUT2D eigenvalue weighted by Gasteiger charge is 2.53. The highest BCUT2D eigenvalue weighted by Crippen LogP contribution is 2.44. The Hall–Kier alpha value is -3.53. The first-order chi connectivity index (χ1) is 20.2. The third-order valence-electron chi connectivity index (χ3n) is 8.07. The largest absolute Gasteiger partial charge is 0.490 e. The lowest BCUT2D eigenvalue weighted by Gasteiger charge is -2.44. The highest BCUT2D eigenvalue weighted by atomic mass is 35.5. The molecule has 1 N–H and O–H groups in total. The topological polar surface area (TPSA) is 94.5 Å². The number of hydrogen-bond acceptors (Lipinski definition) is 6. The second kappa shape index (κ2) is 11.5. The molecule has 0 saturated carbocycles. The molecule has 2 aliphatic rings. The number of aryl methyl sites for hydroxylation is 1. The van der Waals surface area contributed by atoms with Crippen LogP contribution in [0.2, 0.25) is 10.1 Å². The van der Waals surface area contributed by atoms with Gasteiger partial charge in [0.2, 0.25) is 5.79 Å². The average Bonchev–Trinajstić information content (AvgIpc) is 3.35. The van der Waals surface area contributed by atoms with Crippen LogP contribution in [0, 0.1) is 6.92 Å². The van der Waals surface area contributed by atoms with Crippen molar-refractivity contribution < 1.29 is 33.3 Å². The number of carbonyl (C=O) groups is 2. The quantitative estimate of drug-likeness (QED) is 0.254. The average molecular weight is 624 g/mol. The normalized spacial score (nSPS) is 19.8. The van der Waals surface area contributed by atoms with Gasteiger partial charge in [0.05, 0.1) is 17.2 Å². The van der Waals surface area contributed by atoms with Gasteiger partial charge in [-0.05, 0) is 40.4 Å². The van der Waals surface area contributed by atoms with Crippen LogP contribution >= 0.6 is 11.6 Å². The molecule has 1 saturated heterocycles. The molecule has 10 heteroatoms. The molecule has 0 unspecified atom stereocenters.